The summed E-state index contributed by atoms with van der Waals surface area (Å²) in [5.74, 6) is 2.10. The molecule has 1 saturated heterocycles. The summed E-state index contributed by atoms with van der Waals surface area (Å²) in [5.41, 5.74) is 2.67. The number of nitrogens with zero attached hydrogens (tertiary/aromatic N) is 3. The Morgan fingerprint density at radius 3 is 2.85 bits per heavy atom. The summed E-state index contributed by atoms with van der Waals surface area (Å²) in [6.45, 7) is 4.20. The van der Waals surface area contributed by atoms with Crippen molar-refractivity contribution in [3.8, 4) is 10.7 Å². The molecule has 104 valence electrons. The molecule has 1 N–H and O–H groups in total. The molecule has 1 aliphatic heterocycles. The smallest absolute Gasteiger partial charge is 0.171 e. The zero-order valence-electron chi connectivity index (χ0n) is 11.4. The highest BCUT2D eigenvalue weighted by atomic mass is 32.1. The van der Waals surface area contributed by atoms with Crippen LogP contribution in [0.2, 0.25) is 0 Å². The molecule has 0 amide bonds. The van der Waals surface area contributed by atoms with Gasteiger partial charge in [0.15, 0.2) is 5.82 Å². The number of anilines is 1. The topological polar surface area (TPSA) is 41.1 Å². The number of piperazine rings is 1. The second kappa shape index (κ2) is 5.14. The Morgan fingerprint density at radius 2 is 2.05 bits per heavy atom. The highest BCUT2D eigenvalue weighted by molar-refractivity contribution is 7.13. The molecule has 1 aliphatic carbocycles. The Bertz CT molecular complexity index is 603. The number of fused-ring (bicyclic) bond motifs is 1. The van der Waals surface area contributed by atoms with E-state index >= 15 is 0 Å². The van der Waals surface area contributed by atoms with Gasteiger partial charge in [0, 0.05) is 37.4 Å². The predicted molar refractivity (Wildman–Crippen MR) is 82.5 cm³/mol. The molecular weight excluding hydrogens is 268 g/mol. The molecular formula is C15H18N4S. The number of rotatable bonds is 2. The molecule has 0 atom stereocenters. The first-order chi connectivity index (χ1) is 9.92. The predicted octanol–water partition coefficient (Wildman–Crippen LogP) is 2.10. The van der Waals surface area contributed by atoms with Crippen LogP contribution in [0.5, 0.6) is 0 Å². The molecule has 0 spiro atoms. The van der Waals surface area contributed by atoms with Crippen LogP contribution in [0.3, 0.4) is 0 Å². The Hall–Kier alpha value is -1.46. The van der Waals surface area contributed by atoms with Gasteiger partial charge in [-0.2, -0.15) is 0 Å². The van der Waals surface area contributed by atoms with Crippen LogP contribution in [0.4, 0.5) is 5.82 Å². The maximum Gasteiger partial charge on any atom is 0.171 e. The monoisotopic (exact) mass is 286 g/mol. The fraction of sp³-hybridized carbons (Fsp3) is 0.467. The SMILES string of the molecule is c1csc(-c2nc3c(c(N4CCNCC4)n2)CCC3)c1. The van der Waals surface area contributed by atoms with E-state index in [1.807, 2.05) is 0 Å². The van der Waals surface area contributed by atoms with E-state index in [0.29, 0.717) is 0 Å². The van der Waals surface area contributed by atoms with Crippen molar-refractivity contribution >= 4 is 17.2 Å². The van der Waals surface area contributed by atoms with Gasteiger partial charge in [0.05, 0.1) is 4.88 Å². The molecule has 1 fully saturated rings. The van der Waals surface area contributed by atoms with Gasteiger partial charge in [-0.15, -0.1) is 11.3 Å². The average Bonchev–Trinajstić information content (AvgIpc) is 3.18. The van der Waals surface area contributed by atoms with Crippen LogP contribution in [-0.4, -0.2) is 36.1 Å². The van der Waals surface area contributed by atoms with E-state index in [0.717, 1.165) is 44.8 Å². The van der Waals surface area contributed by atoms with Gasteiger partial charge in [0.2, 0.25) is 0 Å². The lowest BCUT2D eigenvalue weighted by atomic mass is 10.2. The maximum absolute atomic E-state index is 4.91. The first kappa shape index (κ1) is 12.3. The van der Waals surface area contributed by atoms with Crippen molar-refractivity contribution in [1.82, 2.24) is 15.3 Å². The lowest BCUT2D eigenvalue weighted by Crippen LogP contribution is -2.44. The van der Waals surface area contributed by atoms with E-state index in [1.165, 1.54) is 28.4 Å². The van der Waals surface area contributed by atoms with Crippen molar-refractivity contribution in [1.29, 1.82) is 0 Å². The highest BCUT2D eigenvalue weighted by Gasteiger charge is 2.24. The number of aryl methyl sites for hydroxylation is 1. The molecule has 2 aromatic rings. The molecule has 3 heterocycles. The summed E-state index contributed by atoms with van der Waals surface area (Å²) in [7, 11) is 0. The van der Waals surface area contributed by atoms with Crippen LogP contribution in [0.15, 0.2) is 17.5 Å². The van der Waals surface area contributed by atoms with Crippen molar-refractivity contribution in [2.24, 2.45) is 0 Å². The third-order valence-corrected chi connectivity index (χ3v) is 4.94. The van der Waals surface area contributed by atoms with Crippen LogP contribution < -0.4 is 10.2 Å². The minimum absolute atomic E-state index is 0.911. The summed E-state index contributed by atoms with van der Waals surface area (Å²) in [6, 6.07) is 4.18. The van der Waals surface area contributed by atoms with Crippen molar-refractivity contribution in [3.05, 3.63) is 28.8 Å². The fourth-order valence-corrected chi connectivity index (χ4v) is 3.72. The summed E-state index contributed by atoms with van der Waals surface area (Å²) >= 11 is 1.72. The Kier molecular flexibility index (Phi) is 3.16. The van der Waals surface area contributed by atoms with E-state index in [1.54, 1.807) is 11.3 Å². The van der Waals surface area contributed by atoms with Gasteiger partial charge in [-0.05, 0) is 30.7 Å². The molecule has 20 heavy (non-hydrogen) atoms. The Balaban J connectivity index is 1.80. The molecule has 4 nitrogen and oxygen atoms in total. The minimum atomic E-state index is 0.911. The summed E-state index contributed by atoms with van der Waals surface area (Å²) in [6.07, 6.45) is 3.46. The van der Waals surface area contributed by atoms with E-state index in [-0.39, 0.29) is 0 Å². The Morgan fingerprint density at radius 1 is 1.15 bits per heavy atom. The molecule has 0 unspecified atom stereocenters. The first-order valence-electron chi connectivity index (χ1n) is 7.31. The lowest BCUT2D eigenvalue weighted by molar-refractivity contribution is 0.583. The van der Waals surface area contributed by atoms with Crippen molar-refractivity contribution in [3.63, 3.8) is 0 Å². The van der Waals surface area contributed by atoms with Gasteiger partial charge >= 0.3 is 0 Å². The lowest BCUT2D eigenvalue weighted by Gasteiger charge is -2.30. The summed E-state index contributed by atoms with van der Waals surface area (Å²) in [5, 5.41) is 5.51. The minimum Gasteiger partial charge on any atom is -0.354 e. The molecule has 2 aromatic heterocycles. The summed E-state index contributed by atoms with van der Waals surface area (Å²) < 4.78 is 0. The van der Waals surface area contributed by atoms with E-state index < -0.39 is 0 Å². The zero-order chi connectivity index (χ0) is 13.4. The van der Waals surface area contributed by atoms with Gasteiger partial charge in [-0.1, -0.05) is 6.07 Å². The van der Waals surface area contributed by atoms with Crippen molar-refractivity contribution < 1.29 is 0 Å². The van der Waals surface area contributed by atoms with E-state index in [9.17, 15) is 0 Å². The van der Waals surface area contributed by atoms with Gasteiger partial charge in [-0.25, -0.2) is 9.97 Å². The highest BCUT2D eigenvalue weighted by Crippen LogP contribution is 2.32. The zero-order valence-corrected chi connectivity index (χ0v) is 12.2. The van der Waals surface area contributed by atoms with E-state index in [2.05, 4.69) is 27.7 Å². The van der Waals surface area contributed by atoms with Crippen LogP contribution >= 0.6 is 11.3 Å². The quantitative estimate of drug-likeness (QED) is 0.918. The summed E-state index contributed by atoms with van der Waals surface area (Å²) in [4.78, 5) is 13.3. The fourth-order valence-electron chi connectivity index (χ4n) is 3.07. The molecule has 0 radical (unpaired) electrons. The molecule has 0 bridgehead atoms. The van der Waals surface area contributed by atoms with Crippen molar-refractivity contribution in [2.45, 2.75) is 19.3 Å². The molecule has 2 aliphatic rings. The largest absolute Gasteiger partial charge is 0.354 e. The van der Waals surface area contributed by atoms with Gasteiger partial charge in [0.25, 0.3) is 0 Å². The van der Waals surface area contributed by atoms with Crippen LogP contribution in [-0.2, 0) is 12.8 Å². The standard InChI is InChI=1S/C15H18N4S/c1-3-11-12(4-1)17-14(13-5-2-10-20-13)18-15(11)19-8-6-16-7-9-19/h2,5,10,16H,1,3-4,6-9H2. The average molecular weight is 286 g/mol. The first-order valence-corrected chi connectivity index (χ1v) is 8.19. The second-order valence-electron chi connectivity index (χ2n) is 5.36. The normalized spacial score (nSPS) is 18.3. The third kappa shape index (κ3) is 2.11. The van der Waals surface area contributed by atoms with E-state index in [4.69, 9.17) is 9.97 Å². The molecule has 4 rings (SSSR count). The Labute approximate surface area is 122 Å². The number of hydrogen-bond donors (Lipinski definition) is 1. The van der Waals surface area contributed by atoms with Gasteiger partial charge < -0.3 is 10.2 Å². The number of hydrogen-bond acceptors (Lipinski definition) is 5. The third-order valence-electron chi connectivity index (χ3n) is 4.07. The van der Waals surface area contributed by atoms with Crippen molar-refractivity contribution in [2.75, 3.05) is 31.1 Å². The number of aromatic nitrogens is 2. The van der Waals surface area contributed by atoms with Crippen LogP contribution in [0.25, 0.3) is 10.7 Å². The molecule has 0 aromatic carbocycles. The van der Waals surface area contributed by atoms with Gasteiger partial charge in [0.1, 0.15) is 5.82 Å². The number of nitrogens with one attached hydrogen (secondary N) is 1. The maximum atomic E-state index is 4.91. The molecule has 5 heteroatoms. The number of thiophene rings is 1. The second-order valence-corrected chi connectivity index (χ2v) is 6.31. The van der Waals surface area contributed by atoms with Gasteiger partial charge in [-0.3, -0.25) is 0 Å². The van der Waals surface area contributed by atoms with Crippen LogP contribution in [0.1, 0.15) is 17.7 Å². The van der Waals surface area contributed by atoms with Crippen LogP contribution in [0, 0.1) is 0 Å². The molecule has 0 saturated carbocycles.